The van der Waals surface area contributed by atoms with Crippen LogP contribution in [0, 0.1) is 12.8 Å². The van der Waals surface area contributed by atoms with Crippen LogP contribution in [0.2, 0.25) is 0 Å². The lowest BCUT2D eigenvalue weighted by atomic mass is 10.1. The molecule has 0 radical (unpaired) electrons. The van der Waals surface area contributed by atoms with E-state index in [9.17, 15) is 4.79 Å². The Morgan fingerprint density at radius 3 is 2.85 bits per heavy atom. The number of benzene rings is 1. The molecule has 0 unspecified atom stereocenters. The molecular formula is C15H17N3O2. The van der Waals surface area contributed by atoms with E-state index in [1.165, 1.54) is 0 Å². The largest absolute Gasteiger partial charge is 0.337 e. The molecule has 5 nitrogen and oxygen atoms in total. The Labute approximate surface area is 117 Å². The molecule has 3 rings (SSSR count). The van der Waals surface area contributed by atoms with Crippen molar-refractivity contribution in [3.63, 3.8) is 0 Å². The van der Waals surface area contributed by atoms with Crippen molar-refractivity contribution in [1.29, 1.82) is 0 Å². The van der Waals surface area contributed by atoms with Gasteiger partial charge in [0.15, 0.2) is 0 Å². The monoisotopic (exact) mass is 271 g/mol. The van der Waals surface area contributed by atoms with Crippen molar-refractivity contribution in [3.8, 4) is 11.4 Å². The summed E-state index contributed by atoms with van der Waals surface area (Å²) in [7, 11) is 1.78. The van der Waals surface area contributed by atoms with E-state index in [-0.39, 0.29) is 11.8 Å². The van der Waals surface area contributed by atoms with Gasteiger partial charge in [-0.25, -0.2) is 0 Å². The molecule has 20 heavy (non-hydrogen) atoms. The summed E-state index contributed by atoms with van der Waals surface area (Å²) in [6, 6.07) is 7.89. The fourth-order valence-corrected chi connectivity index (χ4v) is 2.18. The maximum Gasteiger partial charge on any atom is 0.246 e. The minimum absolute atomic E-state index is 0.167. The minimum Gasteiger partial charge on any atom is -0.337 e. The molecule has 0 bridgehead atoms. The number of hydrogen-bond acceptors (Lipinski definition) is 4. The predicted octanol–water partition coefficient (Wildman–Crippen LogP) is 2.41. The number of aryl methyl sites for hydroxylation is 1. The normalized spacial score (nSPS) is 14.3. The Hall–Kier alpha value is -2.17. The number of carbonyl (C=O) groups is 1. The molecule has 2 aromatic rings. The Bertz CT molecular complexity index is 632. The van der Waals surface area contributed by atoms with E-state index in [0.29, 0.717) is 18.3 Å². The van der Waals surface area contributed by atoms with Gasteiger partial charge in [-0.2, -0.15) is 4.98 Å². The smallest absolute Gasteiger partial charge is 0.246 e. The first kappa shape index (κ1) is 12.8. The van der Waals surface area contributed by atoms with Crippen LogP contribution in [-0.2, 0) is 11.3 Å². The summed E-state index contributed by atoms with van der Waals surface area (Å²) in [5.74, 6) is 1.42. The first-order valence-corrected chi connectivity index (χ1v) is 6.78. The summed E-state index contributed by atoms with van der Waals surface area (Å²) in [4.78, 5) is 17.9. The second kappa shape index (κ2) is 5.07. The number of hydrogen-bond donors (Lipinski definition) is 0. The highest BCUT2D eigenvalue weighted by molar-refractivity contribution is 5.80. The third-order valence-corrected chi connectivity index (χ3v) is 3.53. The van der Waals surface area contributed by atoms with Gasteiger partial charge in [-0.15, -0.1) is 0 Å². The number of amides is 1. The predicted molar refractivity (Wildman–Crippen MR) is 73.7 cm³/mol. The van der Waals surface area contributed by atoms with Gasteiger partial charge in [-0.05, 0) is 25.3 Å². The molecule has 1 saturated carbocycles. The zero-order valence-electron chi connectivity index (χ0n) is 11.7. The van der Waals surface area contributed by atoms with Crippen LogP contribution in [0.4, 0.5) is 0 Å². The number of carbonyl (C=O) groups excluding carboxylic acids is 1. The highest BCUT2D eigenvalue weighted by Crippen LogP contribution is 2.31. The van der Waals surface area contributed by atoms with Crippen molar-refractivity contribution in [2.75, 3.05) is 7.05 Å². The molecule has 1 aliphatic carbocycles. The number of aromatic nitrogens is 2. The second-order valence-electron chi connectivity index (χ2n) is 5.30. The van der Waals surface area contributed by atoms with Gasteiger partial charge in [0.05, 0.1) is 6.54 Å². The lowest BCUT2D eigenvalue weighted by Crippen LogP contribution is -2.27. The summed E-state index contributed by atoms with van der Waals surface area (Å²) < 4.78 is 5.24. The lowest BCUT2D eigenvalue weighted by molar-refractivity contribution is -0.132. The molecule has 0 spiro atoms. The Morgan fingerprint density at radius 1 is 1.40 bits per heavy atom. The molecule has 5 heteroatoms. The van der Waals surface area contributed by atoms with E-state index in [1.807, 2.05) is 31.2 Å². The average molecular weight is 271 g/mol. The standard InChI is InChI=1S/C15H17N3O2/c1-10-5-3-4-6-12(10)14-16-13(20-17-14)9-18(2)15(19)11-7-8-11/h3-6,11H,7-9H2,1-2H3. The molecule has 1 aliphatic rings. The van der Waals surface area contributed by atoms with Gasteiger partial charge in [0, 0.05) is 18.5 Å². The summed E-state index contributed by atoms with van der Waals surface area (Å²) in [6.45, 7) is 2.38. The van der Waals surface area contributed by atoms with Crippen LogP contribution in [0.1, 0.15) is 24.3 Å². The van der Waals surface area contributed by atoms with Crippen molar-refractivity contribution in [2.24, 2.45) is 5.92 Å². The average Bonchev–Trinajstić information content (AvgIpc) is 3.19. The molecule has 104 valence electrons. The van der Waals surface area contributed by atoms with E-state index in [2.05, 4.69) is 10.1 Å². The van der Waals surface area contributed by atoms with Crippen LogP contribution < -0.4 is 0 Å². The molecule has 0 saturated heterocycles. The molecule has 0 N–H and O–H groups in total. The minimum atomic E-state index is 0.167. The van der Waals surface area contributed by atoms with Crippen LogP contribution in [0.5, 0.6) is 0 Å². The molecule has 1 heterocycles. The van der Waals surface area contributed by atoms with Gasteiger partial charge >= 0.3 is 0 Å². The fraction of sp³-hybridized carbons (Fsp3) is 0.400. The summed E-state index contributed by atoms with van der Waals surface area (Å²) in [6.07, 6.45) is 2.00. The van der Waals surface area contributed by atoms with Crippen LogP contribution in [-0.4, -0.2) is 28.0 Å². The molecule has 1 aromatic carbocycles. The summed E-state index contributed by atoms with van der Waals surface area (Å²) in [5.41, 5.74) is 2.06. The van der Waals surface area contributed by atoms with Crippen molar-refractivity contribution in [3.05, 3.63) is 35.7 Å². The molecule has 1 amide bonds. The molecule has 0 aliphatic heterocycles. The maximum atomic E-state index is 11.9. The van der Waals surface area contributed by atoms with Crippen molar-refractivity contribution >= 4 is 5.91 Å². The van der Waals surface area contributed by atoms with Crippen LogP contribution >= 0.6 is 0 Å². The number of rotatable bonds is 4. The summed E-state index contributed by atoms with van der Waals surface area (Å²) >= 11 is 0. The fourth-order valence-electron chi connectivity index (χ4n) is 2.18. The van der Waals surface area contributed by atoms with Crippen molar-refractivity contribution < 1.29 is 9.32 Å². The highest BCUT2D eigenvalue weighted by Gasteiger charge is 2.32. The van der Waals surface area contributed by atoms with Crippen molar-refractivity contribution in [2.45, 2.75) is 26.3 Å². The number of nitrogens with zero attached hydrogens (tertiary/aromatic N) is 3. The molecular weight excluding hydrogens is 254 g/mol. The van der Waals surface area contributed by atoms with Crippen LogP contribution in [0.3, 0.4) is 0 Å². The van der Waals surface area contributed by atoms with Gasteiger partial charge in [-0.1, -0.05) is 29.4 Å². The summed E-state index contributed by atoms with van der Waals surface area (Å²) in [5, 5.41) is 4.00. The van der Waals surface area contributed by atoms with Gasteiger partial charge < -0.3 is 9.42 Å². The maximum absolute atomic E-state index is 11.9. The zero-order valence-corrected chi connectivity index (χ0v) is 11.7. The van der Waals surface area contributed by atoms with E-state index < -0.39 is 0 Å². The molecule has 1 fully saturated rings. The lowest BCUT2D eigenvalue weighted by Gasteiger charge is -2.13. The van der Waals surface area contributed by atoms with Crippen molar-refractivity contribution in [1.82, 2.24) is 15.0 Å². The van der Waals surface area contributed by atoms with Gasteiger partial charge in [0.1, 0.15) is 0 Å². The first-order chi connectivity index (χ1) is 9.65. The van der Waals surface area contributed by atoms with Gasteiger partial charge in [-0.3, -0.25) is 4.79 Å². The van der Waals surface area contributed by atoms with E-state index in [4.69, 9.17) is 4.52 Å². The Morgan fingerprint density at radius 2 is 2.15 bits per heavy atom. The van der Waals surface area contributed by atoms with E-state index >= 15 is 0 Å². The van der Waals surface area contributed by atoms with Crippen LogP contribution in [0.15, 0.2) is 28.8 Å². The third kappa shape index (κ3) is 2.57. The Balaban J connectivity index is 1.73. The molecule has 1 aromatic heterocycles. The third-order valence-electron chi connectivity index (χ3n) is 3.53. The second-order valence-corrected chi connectivity index (χ2v) is 5.30. The molecule has 0 atom stereocenters. The van der Waals surface area contributed by atoms with Gasteiger partial charge in [0.2, 0.25) is 17.6 Å². The first-order valence-electron chi connectivity index (χ1n) is 6.78. The van der Waals surface area contributed by atoms with E-state index in [1.54, 1.807) is 11.9 Å². The van der Waals surface area contributed by atoms with Gasteiger partial charge in [0.25, 0.3) is 0 Å². The SMILES string of the molecule is Cc1ccccc1-c1noc(CN(C)C(=O)C2CC2)n1. The zero-order chi connectivity index (χ0) is 14.1. The highest BCUT2D eigenvalue weighted by atomic mass is 16.5. The van der Waals surface area contributed by atoms with E-state index in [0.717, 1.165) is 24.0 Å². The van der Waals surface area contributed by atoms with Crippen LogP contribution in [0.25, 0.3) is 11.4 Å². The quantitative estimate of drug-likeness (QED) is 0.856. The topological polar surface area (TPSA) is 59.2 Å². The Kier molecular flexibility index (Phi) is 3.26.